The van der Waals surface area contributed by atoms with Crippen molar-refractivity contribution in [3.05, 3.63) is 23.8 Å². The van der Waals surface area contributed by atoms with E-state index in [1.54, 1.807) is 6.07 Å². The fourth-order valence-corrected chi connectivity index (χ4v) is 1.04. The van der Waals surface area contributed by atoms with Gasteiger partial charge < -0.3 is 20.6 Å². The number of aromatic hydroxyl groups is 2. The van der Waals surface area contributed by atoms with Gasteiger partial charge in [0, 0.05) is 6.54 Å². The number of carboxylic acids is 1. The van der Waals surface area contributed by atoms with Gasteiger partial charge in [-0.15, -0.1) is 0 Å². The molecule has 0 fully saturated rings. The Bertz CT molecular complexity index is 364. The topological polar surface area (TPSA) is 89.8 Å². The third-order valence-electron chi connectivity index (χ3n) is 2.02. The maximum Gasteiger partial charge on any atom is 0.320 e. The summed E-state index contributed by atoms with van der Waals surface area (Å²) in [6, 6.07) is 3.70. The second-order valence-corrected chi connectivity index (χ2v) is 3.26. The molecule has 82 valence electrons. The van der Waals surface area contributed by atoms with Gasteiger partial charge in [-0.2, -0.15) is 0 Å². The van der Waals surface area contributed by atoms with Gasteiger partial charge in [-0.3, -0.25) is 4.79 Å². The molecule has 0 heterocycles. The van der Waals surface area contributed by atoms with Crippen molar-refractivity contribution in [2.24, 2.45) is 0 Å². The molecule has 0 aliphatic heterocycles. The Labute approximate surface area is 87.0 Å². The standard InChI is InChI=1S/C10H13NO4/c1-6(10(14)15)11-5-7-2-3-8(12)9(13)4-7/h2-4,6,11-13H,5H2,1H3,(H,14,15). The van der Waals surface area contributed by atoms with E-state index in [9.17, 15) is 9.90 Å². The second kappa shape index (κ2) is 4.65. The zero-order chi connectivity index (χ0) is 11.4. The Morgan fingerprint density at radius 3 is 2.60 bits per heavy atom. The highest BCUT2D eigenvalue weighted by molar-refractivity contribution is 5.72. The molecule has 0 saturated heterocycles. The van der Waals surface area contributed by atoms with E-state index in [4.69, 9.17) is 10.2 Å². The molecule has 5 heteroatoms. The van der Waals surface area contributed by atoms with Crippen molar-refractivity contribution in [3.8, 4) is 11.5 Å². The van der Waals surface area contributed by atoms with Crippen LogP contribution in [0.15, 0.2) is 18.2 Å². The zero-order valence-electron chi connectivity index (χ0n) is 8.27. The van der Waals surface area contributed by atoms with Crippen LogP contribution < -0.4 is 5.32 Å². The minimum absolute atomic E-state index is 0.190. The normalized spacial score (nSPS) is 12.3. The summed E-state index contributed by atoms with van der Waals surface area (Å²) in [5, 5.41) is 29.6. The lowest BCUT2D eigenvalue weighted by molar-refractivity contribution is -0.139. The Kier molecular flexibility index (Phi) is 3.51. The lowest BCUT2D eigenvalue weighted by Crippen LogP contribution is -2.33. The van der Waals surface area contributed by atoms with Crippen molar-refractivity contribution in [1.82, 2.24) is 5.32 Å². The minimum Gasteiger partial charge on any atom is -0.504 e. The number of benzene rings is 1. The van der Waals surface area contributed by atoms with Crippen molar-refractivity contribution >= 4 is 5.97 Å². The molecule has 1 aromatic rings. The van der Waals surface area contributed by atoms with Crippen LogP contribution in [0.4, 0.5) is 0 Å². The lowest BCUT2D eigenvalue weighted by Gasteiger charge is -2.09. The van der Waals surface area contributed by atoms with Crippen LogP contribution in [0.3, 0.4) is 0 Å². The molecule has 15 heavy (non-hydrogen) atoms. The number of hydrogen-bond donors (Lipinski definition) is 4. The van der Waals surface area contributed by atoms with E-state index >= 15 is 0 Å². The third kappa shape index (κ3) is 3.14. The summed E-state index contributed by atoms with van der Waals surface area (Å²) >= 11 is 0. The number of carbonyl (C=O) groups is 1. The van der Waals surface area contributed by atoms with Gasteiger partial charge in [-0.25, -0.2) is 0 Å². The van der Waals surface area contributed by atoms with Crippen molar-refractivity contribution in [2.45, 2.75) is 19.5 Å². The van der Waals surface area contributed by atoms with E-state index in [2.05, 4.69) is 5.32 Å². The molecule has 0 aliphatic carbocycles. The number of carboxylic acid groups (broad SMARTS) is 1. The summed E-state index contributed by atoms with van der Waals surface area (Å²) in [6.45, 7) is 1.85. The highest BCUT2D eigenvalue weighted by atomic mass is 16.4. The van der Waals surface area contributed by atoms with Crippen LogP contribution in [0, 0.1) is 0 Å². The van der Waals surface area contributed by atoms with Gasteiger partial charge in [-0.05, 0) is 24.6 Å². The van der Waals surface area contributed by atoms with Crippen LogP contribution in [0.2, 0.25) is 0 Å². The molecule has 5 nitrogen and oxygen atoms in total. The first-order valence-electron chi connectivity index (χ1n) is 4.47. The van der Waals surface area contributed by atoms with Crippen LogP contribution in [-0.2, 0) is 11.3 Å². The van der Waals surface area contributed by atoms with Crippen LogP contribution in [-0.4, -0.2) is 27.3 Å². The van der Waals surface area contributed by atoms with E-state index < -0.39 is 12.0 Å². The molecule has 1 rings (SSSR count). The van der Waals surface area contributed by atoms with E-state index in [-0.39, 0.29) is 11.5 Å². The van der Waals surface area contributed by atoms with Gasteiger partial charge in [0.15, 0.2) is 11.5 Å². The van der Waals surface area contributed by atoms with Crippen LogP contribution in [0.1, 0.15) is 12.5 Å². The number of aliphatic carboxylic acids is 1. The highest BCUT2D eigenvalue weighted by Gasteiger charge is 2.09. The molecule has 4 N–H and O–H groups in total. The van der Waals surface area contributed by atoms with Gasteiger partial charge >= 0.3 is 5.97 Å². The summed E-state index contributed by atoms with van der Waals surface area (Å²) in [5.41, 5.74) is 0.707. The Morgan fingerprint density at radius 2 is 2.07 bits per heavy atom. The van der Waals surface area contributed by atoms with Crippen LogP contribution >= 0.6 is 0 Å². The fraction of sp³-hybridized carbons (Fsp3) is 0.300. The summed E-state index contributed by atoms with van der Waals surface area (Å²) in [4.78, 5) is 10.5. The van der Waals surface area contributed by atoms with Gasteiger partial charge in [-0.1, -0.05) is 6.07 Å². The Morgan fingerprint density at radius 1 is 1.40 bits per heavy atom. The maximum atomic E-state index is 10.5. The predicted octanol–water partition coefficient (Wildman–Crippen LogP) is 0.661. The van der Waals surface area contributed by atoms with Crippen molar-refractivity contribution < 1.29 is 20.1 Å². The number of phenols is 2. The number of phenolic OH excluding ortho intramolecular Hbond substituents is 2. The summed E-state index contributed by atoms with van der Waals surface area (Å²) < 4.78 is 0. The van der Waals surface area contributed by atoms with Gasteiger partial charge in [0.1, 0.15) is 6.04 Å². The molecule has 0 saturated carbocycles. The predicted molar refractivity (Wildman–Crippen MR) is 53.7 cm³/mol. The molecule has 0 aliphatic rings. The van der Waals surface area contributed by atoms with Crippen LogP contribution in [0.5, 0.6) is 11.5 Å². The van der Waals surface area contributed by atoms with E-state index in [0.717, 1.165) is 0 Å². The zero-order valence-corrected chi connectivity index (χ0v) is 8.27. The van der Waals surface area contributed by atoms with Crippen molar-refractivity contribution in [1.29, 1.82) is 0 Å². The first-order valence-corrected chi connectivity index (χ1v) is 4.47. The number of rotatable bonds is 4. The summed E-state index contributed by atoms with van der Waals surface area (Å²) in [5.74, 6) is -1.33. The molecule has 1 atom stereocenters. The second-order valence-electron chi connectivity index (χ2n) is 3.26. The highest BCUT2D eigenvalue weighted by Crippen LogP contribution is 2.24. The van der Waals surface area contributed by atoms with Crippen molar-refractivity contribution in [2.75, 3.05) is 0 Å². The van der Waals surface area contributed by atoms with Gasteiger partial charge in [0.05, 0.1) is 0 Å². The lowest BCUT2D eigenvalue weighted by atomic mass is 10.2. The Hall–Kier alpha value is -1.75. The fourth-order valence-electron chi connectivity index (χ4n) is 1.04. The van der Waals surface area contributed by atoms with Crippen molar-refractivity contribution in [3.63, 3.8) is 0 Å². The molecule has 1 aromatic carbocycles. The van der Waals surface area contributed by atoms with E-state index in [0.29, 0.717) is 12.1 Å². The number of nitrogens with one attached hydrogen (secondary N) is 1. The average molecular weight is 211 g/mol. The quantitative estimate of drug-likeness (QED) is 0.549. The van der Waals surface area contributed by atoms with Gasteiger partial charge in [0.2, 0.25) is 0 Å². The molecule has 1 unspecified atom stereocenters. The smallest absolute Gasteiger partial charge is 0.320 e. The molecule has 0 spiro atoms. The molecular weight excluding hydrogens is 198 g/mol. The van der Waals surface area contributed by atoms with E-state index in [1.165, 1.54) is 19.1 Å². The third-order valence-corrected chi connectivity index (χ3v) is 2.02. The Balaban J connectivity index is 2.58. The first-order chi connectivity index (χ1) is 7.00. The monoisotopic (exact) mass is 211 g/mol. The molecule has 0 amide bonds. The summed E-state index contributed by atoms with van der Waals surface area (Å²) in [6.07, 6.45) is 0. The molecular formula is C10H13NO4. The molecule has 0 aromatic heterocycles. The maximum absolute atomic E-state index is 10.5. The largest absolute Gasteiger partial charge is 0.504 e. The van der Waals surface area contributed by atoms with E-state index in [1.807, 2.05) is 0 Å². The van der Waals surface area contributed by atoms with Gasteiger partial charge in [0.25, 0.3) is 0 Å². The molecule has 0 bridgehead atoms. The molecule has 0 radical (unpaired) electrons. The van der Waals surface area contributed by atoms with Crippen LogP contribution in [0.25, 0.3) is 0 Å². The summed E-state index contributed by atoms with van der Waals surface area (Å²) in [7, 11) is 0. The minimum atomic E-state index is -0.932. The SMILES string of the molecule is CC(NCc1ccc(O)c(O)c1)C(=O)O. The average Bonchev–Trinajstić information content (AvgIpc) is 2.19. The first kappa shape index (κ1) is 11.3. The number of hydrogen-bond acceptors (Lipinski definition) is 4.